The van der Waals surface area contributed by atoms with Gasteiger partial charge in [0, 0.05) is 30.9 Å². The third-order valence-electron chi connectivity index (χ3n) is 3.99. The topological polar surface area (TPSA) is 35.9 Å². The van der Waals surface area contributed by atoms with E-state index in [0.29, 0.717) is 17.8 Å². The van der Waals surface area contributed by atoms with Crippen LogP contribution in [-0.2, 0) is 0 Å². The van der Waals surface area contributed by atoms with Gasteiger partial charge in [0.25, 0.3) is 0 Å². The summed E-state index contributed by atoms with van der Waals surface area (Å²) in [5.41, 5.74) is 2.84. The number of rotatable bonds is 2. The summed E-state index contributed by atoms with van der Waals surface area (Å²) in [5.74, 6) is 0. The quantitative estimate of drug-likeness (QED) is 0.754. The predicted octanol–water partition coefficient (Wildman–Crippen LogP) is 2.92. The van der Waals surface area contributed by atoms with Crippen molar-refractivity contribution in [2.24, 2.45) is 5.18 Å². The van der Waals surface area contributed by atoms with Gasteiger partial charge in [0.05, 0.1) is 0 Å². The monoisotopic (exact) mass is 247 g/mol. The fourth-order valence-electron chi connectivity index (χ4n) is 2.65. The van der Waals surface area contributed by atoms with Gasteiger partial charge < -0.3 is 4.90 Å². The first-order valence-corrected chi connectivity index (χ1v) is 6.44. The van der Waals surface area contributed by atoms with Crippen LogP contribution in [-0.4, -0.2) is 37.1 Å². The maximum atomic E-state index is 10.5. The minimum Gasteiger partial charge on any atom is -0.368 e. The molecule has 1 heterocycles. The fraction of sp³-hybridized carbons (Fsp3) is 0.571. The molecular formula is C14H21N3O. The molecule has 0 unspecified atom stereocenters. The van der Waals surface area contributed by atoms with Crippen molar-refractivity contribution >= 4 is 11.4 Å². The molecule has 0 saturated carbocycles. The summed E-state index contributed by atoms with van der Waals surface area (Å²) in [6.07, 6.45) is 0. The van der Waals surface area contributed by atoms with E-state index in [2.05, 4.69) is 35.9 Å². The van der Waals surface area contributed by atoms with E-state index in [0.717, 1.165) is 18.7 Å². The summed E-state index contributed by atoms with van der Waals surface area (Å²) < 4.78 is 0. The highest BCUT2D eigenvalue weighted by Crippen LogP contribution is 2.27. The molecule has 0 bridgehead atoms. The van der Waals surface area contributed by atoms with Crippen LogP contribution in [0.2, 0.25) is 0 Å². The van der Waals surface area contributed by atoms with Crippen LogP contribution in [0, 0.1) is 11.8 Å². The summed E-state index contributed by atoms with van der Waals surface area (Å²) in [6, 6.07) is 6.74. The summed E-state index contributed by atoms with van der Waals surface area (Å²) >= 11 is 0. The van der Waals surface area contributed by atoms with E-state index >= 15 is 0 Å². The lowest BCUT2D eigenvalue weighted by Crippen LogP contribution is -2.55. The summed E-state index contributed by atoms with van der Waals surface area (Å²) in [4.78, 5) is 15.3. The zero-order valence-corrected chi connectivity index (χ0v) is 11.6. The number of likely N-dealkylation sites (N-methyl/N-ethyl adjacent to an activating group) is 1. The molecule has 98 valence electrons. The Hall–Kier alpha value is -1.42. The number of nitroso groups, excluding NO2 is 1. The Balaban J connectivity index is 2.24. The van der Waals surface area contributed by atoms with Gasteiger partial charge in [-0.3, -0.25) is 4.90 Å². The van der Waals surface area contributed by atoms with E-state index < -0.39 is 0 Å². The highest BCUT2D eigenvalue weighted by Gasteiger charge is 2.27. The Morgan fingerprint density at radius 1 is 1.22 bits per heavy atom. The van der Waals surface area contributed by atoms with E-state index in [1.54, 1.807) is 6.07 Å². The van der Waals surface area contributed by atoms with Gasteiger partial charge in [-0.1, -0.05) is 0 Å². The van der Waals surface area contributed by atoms with Crippen molar-refractivity contribution in [3.8, 4) is 0 Å². The van der Waals surface area contributed by atoms with Gasteiger partial charge in [-0.25, -0.2) is 0 Å². The van der Waals surface area contributed by atoms with Crippen LogP contribution in [0.25, 0.3) is 0 Å². The molecule has 1 aromatic rings. The number of benzene rings is 1. The van der Waals surface area contributed by atoms with Crippen LogP contribution in [0.5, 0.6) is 0 Å². The van der Waals surface area contributed by atoms with Crippen molar-refractivity contribution in [3.05, 3.63) is 28.7 Å². The van der Waals surface area contributed by atoms with Gasteiger partial charge in [-0.2, -0.15) is 0 Å². The van der Waals surface area contributed by atoms with E-state index in [-0.39, 0.29) is 0 Å². The molecule has 0 amide bonds. The fourth-order valence-corrected chi connectivity index (χ4v) is 2.65. The molecule has 0 spiro atoms. The molecule has 1 aliphatic heterocycles. The minimum atomic E-state index is 0.506. The van der Waals surface area contributed by atoms with Crippen LogP contribution in [0.15, 0.2) is 23.4 Å². The second kappa shape index (κ2) is 5.06. The Morgan fingerprint density at radius 2 is 1.83 bits per heavy atom. The maximum absolute atomic E-state index is 10.5. The number of hydrogen-bond acceptors (Lipinski definition) is 4. The molecule has 1 fully saturated rings. The van der Waals surface area contributed by atoms with Crippen LogP contribution in [0.3, 0.4) is 0 Å². The van der Waals surface area contributed by atoms with Crippen LogP contribution >= 0.6 is 0 Å². The number of nitrogens with zero attached hydrogens (tertiary/aromatic N) is 3. The second-order valence-corrected chi connectivity index (χ2v) is 5.33. The van der Waals surface area contributed by atoms with E-state index in [9.17, 15) is 4.91 Å². The first-order valence-electron chi connectivity index (χ1n) is 6.44. The number of anilines is 1. The first-order chi connectivity index (χ1) is 8.52. The molecule has 0 radical (unpaired) electrons. The standard InChI is InChI=1S/C14H21N3O/c1-10-7-13(15-18)5-6-14(10)17-8-11(2)16(4)12(3)9-17/h5-7,11-12H,8-9H2,1-4H3/t11-,12+. The average molecular weight is 247 g/mol. The minimum absolute atomic E-state index is 0.506. The summed E-state index contributed by atoms with van der Waals surface area (Å²) in [7, 11) is 2.18. The molecule has 0 aromatic heterocycles. The summed E-state index contributed by atoms with van der Waals surface area (Å²) in [6.45, 7) is 8.58. The van der Waals surface area contributed by atoms with Gasteiger partial charge in [-0.15, -0.1) is 4.91 Å². The lowest BCUT2D eigenvalue weighted by atomic mass is 10.1. The van der Waals surface area contributed by atoms with Crippen molar-refractivity contribution in [3.63, 3.8) is 0 Å². The molecule has 4 heteroatoms. The highest BCUT2D eigenvalue weighted by molar-refractivity contribution is 5.59. The number of hydrogen-bond donors (Lipinski definition) is 0. The van der Waals surface area contributed by atoms with E-state index in [4.69, 9.17) is 0 Å². The van der Waals surface area contributed by atoms with Crippen molar-refractivity contribution in [2.75, 3.05) is 25.0 Å². The Bertz CT molecular complexity index is 435. The number of piperazine rings is 1. The zero-order chi connectivity index (χ0) is 13.3. The second-order valence-electron chi connectivity index (χ2n) is 5.33. The average Bonchev–Trinajstić information content (AvgIpc) is 2.35. The lowest BCUT2D eigenvalue weighted by molar-refractivity contribution is 0.170. The Kier molecular flexibility index (Phi) is 3.66. The van der Waals surface area contributed by atoms with Crippen LogP contribution in [0.4, 0.5) is 11.4 Å². The van der Waals surface area contributed by atoms with Crippen LogP contribution in [0.1, 0.15) is 19.4 Å². The molecule has 0 N–H and O–H groups in total. The molecule has 4 nitrogen and oxygen atoms in total. The predicted molar refractivity (Wildman–Crippen MR) is 75.5 cm³/mol. The van der Waals surface area contributed by atoms with Gasteiger partial charge >= 0.3 is 0 Å². The Labute approximate surface area is 109 Å². The third kappa shape index (κ3) is 2.38. The molecule has 1 aliphatic rings. The third-order valence-corrected chi connectivity index (χ3v) is 3.99. The molecular weight excluding hydrogens is 226 g/mol. The molecule has 2 rings (SSSR count). The van der Waals surface area contributed by atoms with Gasteiger partial charge in [-0.05, 0) is 56.8 Å². The molecule has 1 aromatic carbocycles. The SMILES string of the molecule is Cc1cc(N=O)ccc1N1C[C@@H](C)N(C)[C@@H](C)C1. The van der Waals surface area contributed by atoms with Gasteiger partial charge in [0.2, 0.25) is 0 Å². The Morgan fingerprint density at radius 3 is 2.33 bits per heavy atom. The van der Waals surface area contributed by atoms with Gasteiger partial charge in [0.1, 0.15) is 5.69 Å². The van der Waals surface area contributed by atoms with E-state index in [1.165, 1.54) is 5.69 Å². The van der Waals surface area contributed by atoms with Crippen molar-refractivity contribution in [2.45, 2.75) is 32.9 Å². The largest absolute Gasteiger partial charge is 0.368 e. The summed E-state index contributed by atoms with van der Waals surface area (Å²) in [5, 5.41) is 2.98. The molecule has 1 saturated heterocycles. The normalized spacial score (nSPS) is 25.2. The van der Waals surface area contributed by atoms with E-state index in [1.807, 2.05) is 19.1 Å². The first kappa shape index (κ1) is 13.0. The molecule has 18 heavy (non-hydrogen) atoms. The lowest BCUT2D eigenvalue weighted by Gasteiger charge is -2.44. The maximum Gasteiger partial charge on any atom is 0.108 e. The smallest absolute Gasteiger partial charge is 0.108 e. The van der Waals surface area contributed by atoms with Gasteiger partial charge in [0.15, 0.2) is 0 Å². The highest BCUT2D eigenvalue weighted by atomic mass is 16.3. The zero-order valence-electron chi connectivity index (χ0n) is 11.6. The molecule has 2 atom stereocenters. The van der Waals surface area contributed by atoms with Crippen molar-refractivity contribution < 1.29 is 0 Å². The number of aryl methyl sites for hydroxylation is 1. The van der Waals surface area contributed by atoms with Crippen LogP contribution < -0.4 is 4.90 Å². The van der Waals surface area contributed by atoms with Crippen molar-refractivity contribution in [1.29, 1.82) is 0 Å². The van der Waals surface area contributed by atoms with Crippen molar-refractivity contribution in [1.82, 2.24) is 4.90 Å². The molecule has 0 aliphatic carbocycles.